The summed E-state index contributed by atoms with van der Waals surface area (Å²) in [5.74, 6) is 0.185. The lowest BCUT2D eigenvalue weighted by Crippen LogP contribution is -2.40. The molecule has 7 heteroatoms. The van der Waals surface area contributed by atoms with E-state index in [0.29, 0.717) is 24.0 Å². The van der Waals surface area contributed by atoms with Gasteiger partial charge in [0.05, 0.1) is 25.9 Å². The fraction of sp³-hybridized carbons (Fsp3) is 0.400. The van der Waals surface area contributed by atoms with Crippen LogP contribution in [0.15, 0.2) is 35.7 Å². The van der Waals surface area contributed by atoms with Crippen LogP contribution in [0.3, 0.4) is 0 Å². The maximum atomic E-state index is 12.3. The summed E-state index contributed by atoms with van der Waals surface area (Å²) in [4.78, 5) is 28.0. The first-order valence-electron chi connectivity index (χ1n) is 9.05. The summed E-state index contributed by atoms with van der Waals surface area (Å²) in [5, 5.41) is 7.57. The predicted octanol–water partition coefficient (Wildman–Crippen LogP) is 2.96. The van der Waals surface area contributed by atoms with Gasteiger partial charge in [-0.2, -0.15) is 0 Å². The molecule has 1 aliphatic rings. The summed E-state index contributed by atoms with van der Waals surface area (Å²) < 4.78 is 5.25. The first-order chi connectivity index (χ1) is 13.1. The molecule has 1 aromatic heterocycles. The van der Waals surface area contributed by atoms with Crippen LogP contribution in [0.25, 0.3) is 0 Å². The molecule has 3 rings (SSSR count). The third kappa shape index (κ3) is 5.08. The Labute approximate surface area is 163 Å². The van der Waals surface area contributed by atoms with Crippen LogP contribution in [0.4, 0.5) is 5.69 Å². The molecule has 1 saturated heterocycles. The molecule has 0 radical (unpaired) electrons. The SMILES string of the molecule is COc1ccc(C)cc1NC(=O)CNC(=O)CN1CCC[C@@H]1c1cccs1. The van der Waals surface area contributed by atoms with E-state index in [1.165, 1.54) is 4.88 Å². The molecule has 0 bridgehead atoms. The molecule has 2 heterocycles. The van der Waals surface area contributed by atoms with E-state index in [9.17, 15) is 9.59 Å². The van der Waals surface area contributed by atoms with E-state index >= 15 is 0 Å². The van der Waals surface area contributed by atoms with Crippen LogP contribution in [0.1, 0.15) is 29.3 Å². The van der Waals surface area contributed by atoms with Gasteiger partial charge < -0.3 is 15.4 Å². The minimum atomic E-state index is -0.275. The van der Waals surface area contributed by atoms with E-state index in [1.54, 1.807) is 18.4 Å². The molecule has 27 heavy (non-hydrogen) atoms. The normalized spacial score (nSPS) is 16.9. The molecule has 144 valence electrons. The molecule has 1 aliphatic heterocycles. The third-order valence-electron chi connectivity index (χ3n) is 4.66. The second-order valence-corrected chi connectivity index (χ2v) is 7.65. The Morgan fingerprint density at radius 1 is 1.30 bits per heavy atom. The molecule has 2 amide bonds. The number of nitrogens with one attached hydrogen (secondary N) is 2. The Morgan fingerprint density at radius 3 is 2.89 bits per heavy atom. The molecule has 1 atom stereocenters. The van der Waals surface area contributed by atoms with Gasteiger partial charge >= 0.3 is 0 Å². The topological polar surface area (TPSA) is 70.7 Å². The number of anilines is 1. The molecule has 0 aliphatic carbocycles. The zero-order valence-corrected chi connectivity index (χ0v) is 16.5. The molecule has 1 aromatic carbocycles. The van der Waals surface area contributed by atoms with Crippen LogP contribution in [0, 0.1) is 6.92 Å². The van der Waals surface area contributed by atoms with E-state index in [1.807, 2.05) is 31.2 Å². The van der Waals surface area contributed by atoms with E-state index in [-0.39, 0.29) is 18.4 Å². The van der Waals surface area contributed by atoms with Gasteiger partial charge in [0.25, 0.3) is 0 Å². The van der Waals surface area contributed by atoms with Gasteiger partial charge in [0, 0.05) is 10.9 Å². The number of hydrogen-bond acceptors (Lipinski definition) is 5. The Kier molecular flexibility index (Phi) is 6.47. The van der Waals surface area contributed by atoms with Crippen LogP contribution in [-0.2, 0) is 9.59 Å². The third-order valence-corrected chi connectivity index (χ3v) is 5.63. The lowest BCUT2D eigenvalue weighted by atomic mass is 10.2. The van der Waals surface area contributed by atoms with Gasteiger partial charge in [0.1, 0.15) is 5.75 Å². The van der Waals surface area contributed by atoms with Gasteiger partial charge in [-0.25, -0.2) is 0 Å². The quantitative estimate of drug-likeness (QED) is 0.766. The summed E-state index contributed by atoms with van der Waals surface area (Å²) in [6.07, 6.45) is 2.16. The van der Waals surface area contributed by atoms with Crippen molar-refractivity contribution in [3.63, 3.8) is 0 Å². The minimum Gasteiger partial charge on any atom is -0.495 e. The van der Waals surface area contributed by atoms with Crippen molar-refractivity contribution in [3.8, 4) is 5.75 Å². The molecule has 1 fully saturated rings. The number of aryl methyl sites for hydroxylation is 1. The van der Waals surface area contributed by atoms with Crippen molar-refractivity contribution in [3.05, 3.63) is 46.2 Å². The highest BCUT2D eigenvalue weighted by atomic mass is 32.1. The number of hydrogen-bond donors (Lipinski definition) is 2. The Balaban J connectivity index is 1.49. The summed E-state index contributed by atoms with van der Waals surface area (Å²) in [5.41, 5.74) is 1.62. The lowest BCUT2D eigenvalue weighted by molar-refractivity contribution is -0.125. The lowest BCUT2D eigenvalue weighted by Gasteiger charge is -2.22. The molecule has 0 saturated carbocycles. The zero-order chi connectivity index (χ0) is 19.2. The highest BCUT2D eigenvalue weighted by molar-refractivity contribution is 7.10. The van der Waals surface area contributed by atoms with Gasteiger partial charge in [0.2, 0.25) is 11.8 Å². The maximum Gasteiger partial charge on any atom is 0.243 e. The van der Waals surface area contributed by atoms with Gasteiger partial charge in [-0.05, 0) is 55.5 Å². The van der Waals surface area contributed by atoms with Crippen molar-refractivity contribution in [1.82, 2.24) is 10.2 Å². The second-order valence-electron chi connectivity index (χ2n) is 6.67. The number of nitrogens with zero attached hydrogens (tertiary/aromatic N) is 1. The Morgan fingerprint density at radius 2 is 2.15 bits per heavy atom. The van der Waals surface area contributed by atoms with Crippen molar-refractivity contribution in [1.29, 1.82) is 0 Å². The first kappa shape index (κ1) is 19.4. The molecule has 6 nitrogen and oxygen atoms in total. The highest BCUT2D eigenvalue weighted by Gasteiger charge is 2.28. The number of benzene rings is 1. The van der Waals surface area contributed by atoms with E-state index < -0.39 is 0 Å². The minimum absolute atomic E-state index is 0.0621. The molecular formula is C20H25N3O3S. The summed E-state index contributed by atoms with van der Waals surface area (Å²) in [7, 11) is 1.56. The van der Waals surface area contributed by atoms with Gasteiger partial charge in [-0.1, -0.05) is 12.1 Å². The van der Waals surface area contributed by atoms with Crippen LogP contribution in [0.5, 0.6) is 5.75 Å². The molecule has 2 aromatic rings. The van der Waals surface area contributed by atoms with E-state index in [2.05, 4.69) is 27.0 Å². The number of thiophene rings is 1. The molecule has 0 unspecified atom stereocenters. The Hall–Kier alpha value is -2.38. The first-order valence-corrected chi connectivity index (χ1v) is 9.93. The average molecular weight is 388 g/mol. The average Bonchev–Trinajstić information content (AvgIpc) is 3.31. The highest BCUT2D eigenvalue weighted by Crippen LogP contribution is 2.33. The van der Waals surface area contributed by atoms with Crippen LogP contribution in [-0.4, -0.2) is 43.5 Å². The molecule has 0 spiro atoms. The predicted molar refractivity (Wildman–Crippen MR) is 107 cm³/mol. The number of carbonyl (C=O) groups is 2. The van der Waals surface area contributed by atoms with E-state index in [0.717, 1.165) is 24.9 Å². The number of carbonyl (C=O) groups excluding carboxylic acids is 2. The summed E-state index contributed by atoms with van der Waals surface area (Å²) in [6, 6.07) is 10.0. The zero-order valence-electron chi connectivity index (χ0n) is 15.7. The summed E-state index contributed by atoms with van der Waals surface area (Å²) >= 11 is 1.73. The number of ether oxygens (including phenoxy) is 1. The van der Waals surface area contributed by atoms with Gasteiger partial charge in [0.15, 0.2) is 0 Å². The van der Waals surface area contributed by atoms with Crippen molar-refractivity contribution in [2.24, 2.45) is 0 Å². The second kappa shape index (κ2) is 9.01. The van der Waals surface area contributed by atoms with Crippen LogP contribution >= 0.6 is 11.3 Å². The van der Waals surface area contributed by atoms with Gasteiger partial charge in [-0.3, -0.25) is 14.5 Å². The van der Waals surface area contributed by atoms with Crippen LogP contribution in [0.2, 0.25) is 0 Å². The maximum absolute atomic E-state index is 12.3. The Bertz CT molecular complexity index is 792. The largest absolute Gasteiger partial charge is 0.495 e. The van der Waals surface area contributed by atoms with Crippen molar-refractivity contribution in [2.45, 2.75) is 25.8 Å². The fourth-order valence-corrected chi connectivity index (χ4v) is 4.25. The van der Waals surface area contributed by atoms with Gasteiger partial charge in [-0.15, -0.1) is 11.3 Å². The monoisotopic (exact) mass is 387 g/mol. The number of rotatable bonds is 7. The number of likely N-dealkylation sites (tertiary alicyclic amines) is 1. The number of amides is 2. The van der Waals surface area contributed by atoms with Crippen molar-refractivity contribution >= 4 is 28.8 Å². The standard InChI is InChI=1S/C20H25N3O3S/c1-14-7-8-17(26-2)15(11-14)22-19(24)12-21-20(25)13-23-9-3-5-16(23)18-6-4-10-27-18/h4,6-8,10-11,16H,3,5,9,12-13H2,1-2H3,(H,21,25)(H,22,24)/t16-/m1/s1. The van der Waals surface area contributed by atoms with Crippen LogP contribution < -0.4 is 15.4 Å². The smallest absolute Gasteiger partial charge is 0.243 e. The van der Waals surface area contributed by atoms with Crippen molar-refractivity contribution < 1.29 is 14.3 Å². The summed E-state index contributed by atoms with van der Waals surface area (Å²) in [6.45, 7) is 3.09. The van der Waals surface area contributed by atoms with E-state index in [4.69, 9.17) is 4.74 Å². The molecule has 2 N–H and O–H groups in total. The number of methoxy groups -OCH3 is 1. The van der Waals surface area contributed by atoms with Crippen molar-refractivity contribution in [2.75, 3.05) is 32.1 Å². The fourth-order valence-electron chi connectivity index (χ4n) is 3.35. The molecular weight excluding hydrogens is 362 g/mol.